The maximum absolute atomic E-state index is 10.5. The van der Waals surface area contributed by atoms with Gasteiger partial charge in [0, 0.05) is 0 Å². The van der Waals surface area contributed by atoms with E-state index >= 15 is 0 Å². The molecule has 6 nitrogen and oxygen atoms in total. The average molecular weight is 220 g/mol. The molecule has 0 aliphatic carbocycles. The fourth-order valence-electron chi connectivity index (χ4n) is 0.927. The first kappa shape index (κ1) is 14.2. The van der Waals surface area contributed by atoms with Crippen molar-refractivity contribution >= 4 is 6.29 Å². The number of aliphatic hydroxyl groups excluding tert-OH is 4. The maximum Gasteiger partial charge on any atom is 0.151 e. The van der Waals surface area contributed by atoms with Gasteiger partial charge in [0.1, 0.15) is 24.4 Å². The second kappa shape index (κ2) is 7.49. The van der Waals surface area contributed by atoms with Crippen LogP contribution < -0.4 is 0 Å². The smallest absolute Gasteiger partial charge is 0.151 e. The van der Waals surface area contributed by atoms with Crippen LogP contribution in [-0.4, -0.2) is 64.3 Å². The molecule has 0 saturated heterocycles. The van der Waals surface area contributed by atoms with E-state index in [4.69, 9.17) is 14.9 Å². The summed E-state index contributed by atoms with van der Waals surface area (Å²) in [5, 5.41) is 36.2. The van der Waals surface area contributed by atoms with E-state index in [0.717, 1.165) is 0 Å². The maximum atomic E-state index is 10.5. The van der Waals surface area contributed by atoms with E-state index in [1.807, 2.05) is 0 Å². The zero-order chi connectivity index (χ0) is 11.8. The molecule has 0 amide bonds. The summed E-state index contributed by atoms with van der Waals surface area (Å²) in [5.74, 6) is 0. The minimum Gasteiger partial charge on any atom is -0.394 e. The summed E-state index contributed by atoms with van der Waals surface area (Å²) in [6.45, 7) is 2.66. The predicted molar refractivity (Wildman–Crippen MR) is 51.1 cm³/mol. The lowest BCUT2D eigenvalue weighted by molar-refractivity contribution is -0.143. The van der Waals surface area contributed by atoms with Crippen LogP contribution in [-0.2, 0) is 9.53 Å². The lowest BCUT2D eigenvalue weighted by Crippen LogP contribution is -2.47. The molecule has 0 unspecified atom stereocenters. The van der Waals surface area contributed by atoms with Crippen molar-refractivity contribution < 1.29 is 30.0 Å². The standard InChI is InChI=1S/C9H16O6/c1-2-3-15-7(5-11)9(14)8(13)6(12)4-10/h2,5-10,12-14H,1,3-4H2/t6-,7-,8-,9-/m1/s1. The van der Waals surface area contributed by atoms with Crippen LogP contribution in [0.3, 0.4) is 0 Å². The molecule has 0 spiro atoms. The Kier molecular flexibility index (Phi) is 7.10. The van der Waals surface area contributed by atoms with Crippen molar-refractivity contribution in [1.82, 2.24) is 0 Å². The van der Waals surface area contributed by atoms with Crippen molar-refractivity contribution in [3.05, 3.63) is 12.7 Å². The van der Waals surface area contributed by atoms with Gasteiger partial charge in [-0.05, 0) is 0 Å². The summed E-state index contributed by atoms with van der Waals surface area (Å²) in [6.07, 6.45) is -4.34. The number of hydrogen-bond donors (Lipinski definition) is 4. The molecule has 0 fully saturated rings. The molecule has 4 atom stereocenters. The highest BCUT2D eigenvalue weighted by molar-refractivity contribution is 5.57. The molecular weight excluding hydrogens is 204 g/mol. The van der Waals surface area contributed by atoms with Gasteiger partial charge in [-0.3, -0.25) is 0 Å². The summed E-state index contributed by atoms with van der Waals surface area (Å²) < 4.78 is 4.83. The van der Waals surface area contributed by atoms with E-state index in [-0.39, 0.29) is 6.61 Å². The molecule has 0 aromatic heterocycles. The number of carbonyl (C=O) groups excluding carboxylic acids is 1. The summed E-state index contributed by atoms with van der Waals surface area (Å²) in [7, 11) is 0. The third kappa shape index (κ3) is 4.50. The second-order valence-corrected chi connectivity index (χ2v) is 2.95. The molecule has 4 N–H and O–H groups in total. The first-order chi connectivity index (χ1) is 7.08. The van der Waals surface area contributed by atoms with Crippen LogP contribution in [0.2, 0.25) is 0 Å². The monoisotopic (exact) mass is 220 g/mol. The van der Waals surface area contributed by atoms with E-state index in [1.165, 1.54) is 6.08 Å². The van der Waals surface area contributed by atoms with E-state index < -0.39 is 31.0 Å². The summed E-state index contributed by atoms with van der Waals surface area (Å²) in [4.78, 5) is 10.5. The lowest BCUT2D eigenvalue weighted by atomic mass is 10.0. The summed E-state index contributed by atoms with van der Waals surface area (Å²) >= 11 is 0. The summed E-state index contributed by atoms with van der Waals surface area (Å²) in [6, 6.07) is 0. The molecule has 0 aliphatic rings. The molecule has 6 heteroatoms. The summed E-state index contributed by atoms with van der Waals surface area (Å²) in [5.41, 5.74) is 0. The SMILES string of the molecule is C=CCO[C@H](C=O)[C@@H](O)[C@H](O)[C@H](O)CO. The first-order valence-electron chi connectivity index (χ1n) is 4.41. The third-order valence-electron chi connectivity index (χ3n) is 1.81. The van der Waals surface area contributed by atoms with Gasteiger partial charge in [-0.25, -0.2) is 0 Å². The number of aldehydes is 1. The van der Waals surface area contributed by atoms with Gasteiger partial charge in [0.2, 0.25) is 0 Å². The molecule has 15 heavy (non-hydrogen) atoms. The molecule has 0 aromatic carbocycles. The van der Waals surface area contributed by atoms with Gasteiger partial charge in [-0.1, -0.05) is 6.08 Å². The van der Waals surface area contributed by atoms with Crippen LogP contribution in [0.1, 0.15) is 0 Å². The van der Waals surface area contributed by atoms with Gasteiger partial charge >= 0.3 is 0 Å². The van der Waals surface area contributed by atoms with E-state index in [9.17, 15) is 15.0 Å². The van der Waals surface area contributed by atoms with Crippen LogP contribution in [0.5, 0.6) is 0 Å². The van der Waals surface area contributed by atoms with E-state index in [1.54, 1.807) is 0 Å². The highest BCUT2D eigenvalue weighted by Gasteiger charge is 2.31. The highest BCUT2D eigenvalue weighted by Crippen LogP contribution is 2.06. The molecule has 0 aliphatic heterocycles. The zero-order valence-corrected chi connectivity index (χ0v) is 8.19. The Bertz CT molecular complexity index is 195. The Morgan fingerprint density at radius 1 is 1.27 bits per heavy atom. The first-order valence-corrected chi connectivity index (χ1v) is 4.41. The molecular formula is C9H16O6. The number of ether oxygens (including phenoxy) is 1. The molecule has 0 bridgehead atoms. The molecule has 0 rings (SSSR count). The van der Waals surface area contributed by atoms with E-state index in [2.05, 4.69) is 6.58 Å². The fourth-order valence-corrected chi connectivity index (χ4v) is 0.927. The van der Waals surface area contributed by atoms with Crippen LogP contribution in [0.15, 0.2) is 12.7 Å². The largest absolute Gasteiger partial charge is 0.394 e. The minimum absolute atomic E-state index is 0.0302. The van der Waals surface area contributed by atoms with Gasteiger partial charge in [0.15, 0.2) is 6.29 Å². The quantitative estimate of drug-likeness (QED) is 0.274. The highest BCUT2D eigenvalue weighted by atomic mass is 16.5. The van der Waals surface area contributed by atoms with Crippen LogP contribution >= 0.6 is 0 Å². The van der Waals surface area contributed by atoms with Gasteiger partial charge in [0.05, 0.1) is 13.2 Å². The predicted octanol–water partition coefficient (Wildman–Crippen LogP) is -2.17. The van der Waals surface area contributed by atoms with Crippen LogP contribution in [0, 0.1) is 0 Å². The third-order valence-corrected chi connectivity index (χ3v) is 1.81. The topological polar surface area (TPSA) is 107 Å². The van der Waals surface area contributed by atoms with E-state index in [0.29, 0.717) is 6.29 Å². The van der Waals surface area contributed by atoms with Crippen molar-refractivity contribution in [3.8, 4) is 0 Å². The van der Waals surface area contributed by atoms with Gasteiger partial charge < -0.3 is 30.0 Å². The van der Waals surface area contributed by atoms with Crippen molar-refractivity contribution in [3.63, 3.8) is 0 Å². The van der Waals surface area contributed by atoms with Gasteiger partial charge in [-0.2, -0.15) is 0 Å². The number of hydrogen-bond acceptors (Lipinski definition) is 6. The normalized spacial score (nSPS) is 18.9. The Labute approximate surface area is 87.4 Å². The lowest BCUT2D eigenvalue weighted by Gasteiger charge is -2.25. The zero-order valence-electron chi connectivity index (χ0n) is 8.19. The molecule has 0 saturated carbocycles. The van der Waals surface area contributed by atoms with Crippen molar-refractivity contribution in [2.75, 3.05) is 13.2 Å². The second-order valence-electron chi connectivity index (χ2n) is 2.95. The van der Waals surface area contributed by atoms with Gasteiger partial charge in [0.25, 0.3) is 0 Å². The molecule has 0 aromatic rings. The molecule has 88 valence electrons. The average Bonchev–Trinajstić information content (AvgIpc) is 2.27. The fraction of sp³-hybridized carbons (Fsp3) is 0.667. The van der Waals surface area contributed by atoms with Crippen molar-refractivity contribution in [2.45, 2.75) is 24.4 Å². The Hall–Kier alpha value is -0.790. The molecule has 0 heterocycles. The number of carbonyl (C=O) groups is 1. The number of aliphatic hydroxyl groups is 4. The Morgan fingerprint density at radius 3 is 2.27 bits per heavy atom. The van der Waals surface area contributed by atoms with Gasteiger partial charge in [-0.15, -0.1) is 6.58 Å². The van der Waals surface area contributed by atoms with Crippen LogP contribution in [0.25, 0.3) is 0 Å². The molecule has 0 radical (unpaired) electrons. The number of rotatable bonds is 8. The van der Waals surface area contributed by atoms with Crippen molar-refractivity contribution in [2.24, 2.45) is 0 Å². The van der Waals surface area contributed by atoms with Crippen molar-refractivity contribution in [1.29, 1.82) is 0 Å². The van der Waals surface area contributed by atoms with Crippen LogP contribution in [0.4, 0.5) is 0 Å². The Balaban J connectivity index is 4.28. The minimum atomic E-state index is -1.64. The Morgan fingerprint density at radius 2 is 1.87 bits per heavy atom.